The molecule has 0 unspecified atom stereocenters. The molecule has 0 saturated heterocycles. The van der Waals surface area contributed by atoms with E-state index in [4.69, 9.17) is 4.74 Å². The number of halogens is 3. The molecule has 0 aliphatic rings. The molecule has 0 aromatic heterocycles. The molecule has 2 aromatic rings. The molecule has 0 spiro atoms. The Morgan fingerprint density at radius 3 is 2.32 bits per heavy atom. The van der Waals surface area contributed by atoms with Crippen LogP contribution in [0.25, 0.3) is 0 Å². The SMILES string of the molecule is COCCNS(=O)(=O)c1ccc(CNC(=O)c2ccccc2C(F)(F)F)cc1. The Morgan fingerprint density at radius 1 is 1.07 bits per heavy atom. The minimum absolute atomic E-state index is 0.0288. The van der Waals surface area contributed by atoms with E-state index in [9.17, 15) is 26.4 Å². The molecular weight excluding hydrogens is 397 g/mol. The van der Waals surface area contributed by atoms with Crippen LogP contribution in [0.4, 0.5) is 13.2 Å². The Balaban J connectivity index is 2.03. The zero-order valence-corrected chi connectivity index (χ0v) is 15.7. The number of alkyl halides is 3. The maximum atomic E-state index is 13.0. The largest absolute Gasteiger partial charge is 0.417 e. The van der Waals surface area contributed by atoms with Crippen LogP contribution in [0.5, 0.6) is 0 Å². The molecule has 152 valence electrons. The molecule has 2 N–H and O–H groups in total. The summed E-state index contributed by atoms with van der Waals surface area (Å²) in [5, 5.41) is 2.41. The summed E-state index contributed by atoms with van der Waals surface area (Å²) in [6.45, 7) is 0.292. The first-order valence-corrected chi connectivity index (χ1v) is 9.65. The van der Waals surface area contributed by atoms with E-state index in [0.717, 1.165) is 12.1 Å². The first kappa shape index (κ1) is 21.9. The van der Waals surface area contributed by atoms with Crippen LogP contribution in [0.2, 0.25) is 0 Å². The first-order chi connectivity index (χ1) is 13.1. The quantitative estimate of drug-likeness (QED) is 0.648. The Morgan fingerprint density at radius 2 is 1.71 bits per heavy atom. The van der Waals surface area contributed by atoms with Crippen LogP contribution in [0.1, 0.15) is 21.5 Å². The fourth-order valence-electron chi connectivity index (χ4n) is 2.35. The lowest BCUT2D eigenvalue weighted by atomic mass is 10.1. The van der Waals surface area contributed by atoms with E-state index in [1.165, 1.54) is 43.5 Å². The van der Waals surface area contributed by atoms with Gasteiger partial charge in [-0.1, -0.05) is 24.3 Å². The number of ether oxygens (including phenoxy) is 1. The van der Waals surface area contributed by atoms with E-state index >= 15 is 0 Å². The summed E-state index contributed by atoms with van der Waals surface area (Å²) in [6, 6.07) is 10.1. The number of benzene rings is 2. The molecule has 0 atom stereocenters. The van der Waals surface area contributed by atoms with Crippen LogP contribution in [-0.2, 0) is 27.5 Å². The van der Waals surface area contributed by atoms with Crippen molar-refractivity contribution in [3.63, 3.8) is 0 Å². The third-order valence-electron chi connectivity index (χ3n) is 3.76. The van der Waals surface area contributed by atoms with E-state index in [0.29, 0.717) is 5.56 Å². The maximum absolute atomic E-state index is 13.0. The Bertz CT molecular complexity index is 913. The second kappa shape index (κ2) is 9.18. The summed E-state index contributed by atoms with van der Waals surface area (Å²) < 4.78 is 70.2. The third kappa shape index (κ3) is 5.78. The maximum Gasteiger partial charge on any atom is 0.417 e. The number of hydrogen-bond donors (Lipinski definition) is 2. The molecule has 10 heteroatoms. The molecule has 0 bridgehead atoms. The highest BCUT2D eigenvalue weighted by molar-refractivity contribution is 7.89. The van der Waals surface area contributed by atoms with Gasteiger partial charge in [-0.3, -0.25) is 4.79 Å². The number of rotatable bonds is 8. The highest BCUT2D eigenvalue weighted by Crippen LogP contribution is 2.31. The Hall–Kier alpha value is -2.43. The minimum Gasteiger partial charge on any atom is -0.383 e. The summed E-state index contributed by atoms with van der Waals surface area (Å²) in [6.07, 6.45) is -4.64. The zero-order valence-electron chi connectivity index (χ0n) is 14.9. The first-order valence-electron chi connectivity index (χ1n) is 8.17. The van der Waals surface area contributed by atoms with Gasteiger partial charge >= 0.3 is 6.18 Å². The molecule has 0 aliphatic carbocycles. The Labute approximate surface area is 160 Å². The lowest BCUT2D eigenvalue weighted by Gasteiger charge is -2.13. The van der Waals surface area contributed by atoms with Crippen LogP contribution < -0.4 is 10.0 Å². The number of carbonyl (C=O) groups is 1. The smallest absolute Gasteiger partial charge is 0.383 e. The number of methoxy groups -OCH3 is 1. The average molecular weight is 416 g/mol. The van der Waals surface area contributed by atoms with Crippen molar-refractivity contribution in [3.05, 3.63) is 65.2 Å². The third-order valence-corrected chi connectivity index (χ3v) is 5.24. The van der Waals surface area contributed by atoms with Crippen LogP contribution >= 0.6 is 0 Å². The van der Waals surface area contributed by atoms with Crippen molar-refractivity contribution >= 4 is 15.9 Å². The molecule has 0 saturated carbocycles. The lowest BCUT2D eigenvalue weighted by Crippen LogP contribution is -2.27. The Kier molecular flexibility index (Phi) is 7.17. The lowest BCUT2D eigenvalue weighted by molar-refractivity contribution is -0.137. The average Bonchev–Trinajstić information content (AvgIpc) is 2.66. The van der Waals surface area contributed by atoms with Gasteiger partial charge in [0.25, 0.3) is 5.91 Å². The molecule has 0 radical (unpaired) electrons. The molecule has 6 nitrogen and oxygen atoms in total. The number of hydrogen-bond acceptors (Lipinski definition) is 4. The minimum atomic E-state index is -4.64. The summed E-state index contributed by atoms with van der Waals surface area (Å²) >= 11 is 0. The highest BCUT2D eigenvalue weighted by atomic mass is 32.2. The molecule has 2 aromatic carbocycles. The van der Waals surface area contributed by atoms with Gasteiger partial charge in [0.05, 0.1) is 22.6 Å². The molecule has 0 fully saturated rings. The fourth-order valence-corrected chi connectivity index (χ4v) is 3.37. The van der Waals surface area contributed by atoms with Crippen LogP contribution in [0.3, 0.4) is 0 Å². The fraction of sp³-hybridized carbons (Fsp3) is 0.278. The summed E-state index contributed by atoms with van der Waals surface area (Å²) in [4.78, 5) is 12.2. The van der Waals surface area contributed by atoms with Crippen molar-refractivity contribution in [2.75, 3.05) is 20.3 Å². The van der Waals surface area contributed by atoms with E-state index in [2.05, 4.69) is 10.0 Å². The van der Waals surface area contributed by atoms with Gasteiger partial charge in [-0.25, -0.2) is 13.1 Å². The second-order valence-corrected chi connectivity index (χ2v) is 7.53. The summed E-state index contributed by atoms with van der Waals surface area (Å²) in [5.74, 6) is -0.870. The standard InChI is InChI=1S/C18H19F3N2O4S/c1-27-11-10-23-28(25,26)14-8-6-13(7-9-14)12-22-17(24)15-4-2-3-5-16(15)18(19,20)21/h2-9,23H,10-12H2,1H3,(H,22,24). The van der Waals surface area contributed by atoms with Gasteiger partial charge in [-0.15, -0.1) is 0 Å². The van der Waals surface area contributed by atoms with Crippen molar-refractivity contribution in [2.45, 2.75) is 17.6 Å². The molecule has 0 aliphatic heterocycles. The number of sulfonamides is 1. The van der Waals surface area contributed by atoms with Gasteiger partial charge in [0, 0.05) is 20.2 Å². The topological polar surface area (TPSA) is 84.5 Å². The zero-order chi connectivity index (χ0) is 20.8. The molecule has 0 heterocycles. The number of carbonyl (C=O) groups excluding carboxylic acids is 1. The van der Waals surface area contributed by atoms with E-state index in [1.807, 2.05) is 0 Å². The highest BCUT2D eigenvalue weighted by Gasteiger charge is 2.34. The molecule has 28 heavy (non-hydrogen) atoms. The van der Waals surface area contributed by atoms with Crippen molar-refractivity contribution in [1.29, 1.82) is 0 Å². The van der Waals surface area contributed by atoms with Gasteiger partial charge in [0.15, 0.2) is 0 Å². The predicted molar refractivity (Wildman–Crippen MR) is 96.1 cm³/mol. The van der Waals surface area contributed by atoms with Crippen molar-refractivity contribution in [3.8, 4) is 0 Å². The van der Waals surface area contributed by atoms with Crippen molar-refractivity contribution in [2.24, 2.45) is 0 Å². The van der Waals surface area contributed by atoms with E-state index in [1.54, 1.807) is 0 Å². The number of amides is 1. The van der Waals surface area contributed by atoms with E-state index < -0.39 is 33.2 Å². The number of nitrogens with one attached hydrogen (secondary N) is 2. The van der Waals surface area contributed by atoms with Crippen molar-refractivity contribution < 1.29 is 31.1 Å². The second-order valence-electron chi connectivity index (χ2n) is 5.76. The molecule has 1 amide bonds. The molecular formula is C18H19F3N2O4S. The monoisotopic (exact) mass is 416 g/mol. The predicted octanol–water partition coefficient (Wildman–Crippen LogP) is 2.56. The van der Waals surface area contributed by atoms with Gasteiger partial charge in [-0.2, -0.15) is 13.2 Å². The van der Waals surface area contributed by atoms with Gasteiger partial charge < -0.3 is 10.1 Å². The van der Waals surface area contributed by atoms with Gasteiger partial charge in [0.1, 0.15) is 0 Å². The van der Waals surface area contributed by atoms with Gasteiger partial charge in [0.2, 0.25) is 10.0 Å². The summed E-state index contributed by atoms with van der Waals surface area (Å²) in [5.41, 5.74) is -0.957. The van der Waals surface area contributed by atoms with Crippen LogP contribution in [0.15, 0.2) is 53.4 Å². The summed E-state index contributed by atoms with van der Waals surface area (Å²) in [7, 11) is -2.24. The normalized spacial score (nSPS) is 12.0. The van der Waals surface area contributed by atoms with Gasteiger partial charge in [-0.05, 0) is 29.8 Å². The van der Waals surface area contributed by atoms with Crippen LogP contribution in [-0.4, -0.2) is 34.6 Å². The van der Waals surface area contributed by atoms with Crippen molar-refractivity contribution in [1.82, 2.24) is 10.0 Å². The molecule has 2 rings (SSSR count). The van der Waals surface area contributed by atoms with Crippen LogP contribution in [0, 0.1) is 0 Å². The van der Waals surface area contributed by atoms with E-state index in [-0.39, 0.29) is 24.6 Å².